The number of benzene rings is 2. The van der Waals surface area contributed by atoms with Crippen LogP contribution in [-0.4, -0.2) is 29.7 Å². The first kappa shape index (κ1) is 14.7. The van der Waals surface area contributed by atoms with Gasteiger partial charge in [-0.2, -0.15) is 4.58 Å². The summed E-state index contributed by atoms with van der Waals surface area (Å²) in [7, 11) is 1.93. The van der Waals surface area contributed by atoms with E-state index in [9.17, 15) is 8.78 Å². The van der Waals surface area contributed by atoms with Crippen molar-refractivity contribution in [1.82, 2.24) is 0 Å². The number of rotatable bonds is 2. The summed E-state index contributed by atoms with van der Waals surface area (Å²) in [5, 5.41) is 0. The Balaban J connectivity index is 2.18. The Morgan fingerprint density at radius 2 is 1.59 bits per heavy atom. The molecule has 0 bridgehead atoms. The zero-order valence-corrected chi connectivity index (χ0v) is 12.9. The minimum absolute atomic E-state index is 0.151. The molecule has 114 valence electrons. The summed E-state index contributed by atoms with van der Waals surface area (Å²) in [5.74, 6) is 0.0225. The van der Waals surface area contributed by atoms with Crippen LogP contribution in [0.3, 0.4) is 0 Å². The van der Waals surface area contributed by atoms with Gasteiger partial charge in [0.05, 0.1) is 5.56 Å². The Hall–Kier alpha value is -2.23. The van der Waals surface area contributed by atoms with Crippen molar-refractivity contribution in [3.05, 3.63) is 59.7 Å². The topological polar surface area (TPSA) is 12.2 Å². The van der Waals surface area contributed by atoms with Gasteiger partial charge in [0.15, 0.2) is 12.1 Å². The maximum atomic E-state index is 13.8. The van der Waals surface area contributed by atoms with E-state index in [2.05, 4.69) is 13.8 Å². The van der Waals surface area contributed by atoms with Crippen LogP contribution in [0.4, 0.5) is 8.78 Å². The van der Waals surface area contributed by atoms with Crippen LogP contribution in [-0.2, 0) is 4.74 Å². The van der Waals surface area contributed by atoms with Gasteiger partial charge in [0.1, 0.15) is 18.7 Å². The second-order valence-electron chi connectivity index (χ2n) is 6.16. The Morgan fingerprint density at radius 1 is 0.955 bits per heavy atom. The molecule has 0 saturated heterocycles. The van der Waals surface area contributed by atoms with Crippen LogP contribution in [0.25, 0.3) is 11.1 Å². The Bertz CT molecular complexity index is 748. The first-order valence-corrected chi connectivity index (χ1v) is 7.18. The molecule has 1 aliphatic heterocycles. The van der Waals surface area contributed by atoms with Crippen LogP contribution in [0.1, 0.15) is 19.4 Å². The molecule has 2 nitrogen and oxygen atoms in total. The summed E-state index contributed by atoms with van der Waals surface area (Å²) < 4.78 is 34.7. The molecule has 3 rings (SSSR count). The van der Waals surface area contributed by atoms with Crippen LogP contribution in [0.5, 0.6) is 0 Å². The van der Waals surface area contributed by atoms with Crippen molar-refractivity contribution in [3.63, 3.8) is 0 Å². The molecule has 2 aromatic rings. The fraction of sp³-hybridized carbons (Fsp3) is 0.278. The van der Waals surface area contributed by atoms with E-state index in [1.807, 2.05) is 11.6 Å². The van der Waals surface area contributed by atoms with Gasteiger partial charge in [-0.05, 0) is 35.4 Å². The van der Waals surface area contributed by atoms with E-state index in [4.69, 9.17) is 4.74 Å². The van der Waals surface area contributed by atoms with Gasteiger partial charge < -0.3 is 4.74 Å². The van der Waals surface area contributed by atoms with E-state index >= 15 is 0 Å². The van der Waals surface area contributed by atoms with Crippen LogP contribution in [0, 0.1) is 11.6 Å². The second kappa shape index (κ2) is 5.20. The average molecular weight is 302 g/mol. The molecule has 0 radical (unpaired) electrons. The van der Waals surface area contributed by atoms with E-state index in [0.29, 0.717) is 18.1 Å². The molecule has 0 aromatic heterocycles. The number of ether oxygens (including phenoxy) is 1. The third-order valence-corrected chi connectivity index (χ3v) is 4.14. The molecule has 0 aliphatic carbocycles. The Morgan fingerprint density at radius 3 is 2.18 bits per heavy atom. The first-order valence-electron chi connectivity index (χ1n) is 7.18. The molecule has 22 heavy (non-hydrogen) atoms. The predicted molar refractivity (Wildman–Crippen MR) is 82.1 cm³/mol. The van der Waals surface area contributed by atoms with Gasteiger partial charge in [-0.15, -0.1) is 0 Å². The van der Waals surface area contributed by atoms with Crippen molar-refractivity contribution in [2.24, 2.45) is 0 Å². The molecule has 0 atom stereocenters. The summed E-state index contributed by atoms with van der Waals surface area (Å²) in [6, 6.07) is 10.7. The highest BCUT2D eigenvalue weighted by Gasteiger charge is 2.41. The molecule has 1 heterocycles. The standard InChI is InChI=1S/C18H18F2NO/c1-18(2)11-22-17(21(18)3)16-10-14(20)8-9-15(16)12-4-6-13(19)7-5-12/h4-10H,11H2,1-3H3/q+1. The highest BCUT2D eigenvalue weighted by atomic mass is 19.1. The van der Waals surface area contributed by atoms with Gasteiger partial charge >= 0.3 is 5.90 Å². The van der Waals surface area contributed by atoms with E-state index in [1.165, 1.54) is 24.3 Å². The predicted octanol–water partition coefficient (Wildman–Crippen LogP) is 3.83. The third-order valence-electron chi connectivity index (χ3n) is 4.14. The van der Waals surface area contributed by atoms with Gasteiger partial charge in [-0.1, -0.05) is 18.2 Å². The second-order valence-corrected chi connectivity index (χ2v) is 6.16. The molecule has 4 heteroatoms. The van der Waals surface area contributed by atoms with Crippen molar-refractivity contribution in [1.29, 1.82) is 0 Å². The summed E-state index contributed by atoms with van der Waals surface area (Å²) in [6.07, 6.45) is 0. The van der Waals surface area contributed by atoms with Crippen LogP contribution in [0.2, 0.25) is 0 Å². The highest BCUT2D eigenvalue weighted by molar-refractivity contribution is 5.98. The quantitative estimate of drug-likeness (QED) is 0.768. The van der Waals surface area contributed by atoms with Gasteiger partial charge in [0, 0.05) is 13.8 Å². The van der Waals surface area contributed by atoms with Crippen molar-refractivity contribution >= 4 is 5.90 Å². The van der Waals surface area contributed by atoms with E-state index in [1.54, 1.807) is 18.2 Å². The molecule has 0 N–H and O–H groups in total. The lowest BCUT2D eigenvalue weighted by atomic mass is 9.99. The molecule has 0 unspecified atom stereocenters. The summed E-state index contributed by atoms with van der Waals surface area (Å²) >= 11 is 0. The van der Waals surface area contributed by atoms with Crippen molar-refractivity contribution < 1.29 is 18.1 Å². The summed E-state index contributed by atoms with van der Waals surface area (Å²) in [6.45, 7) is 4.67. The number of hydrogen-bond donors (Lipinski definition) is 0. The molecular weight excluding hydrogens is 284 g/mol. The van der Waals surface area contributed by atoms with Crippen LogP contribution >= 0.6 is 0 Å². The number of hydrogen-bond acceptors (Lipinski definition) is 1. The Kier molecular flexibility index (Phi) is 3.47. The average Bonchev–Trinajstić information content (AvgIpc) is 2.74. The molecule has 0 saturated carbocycles. The van der Waals surface area contributed by atoms with Crippen molar-refractivity contribution in [2.75, 3.05) is 13.7 Å². The number of likely N-dealkylation sites (N-methyl/N-ethyl adjacent to an activating group) is 1. The van der Waals surface area contributed by atoms with Gasteiger partial charge in [0.2, 0.25) is 0 Å². The molecule has 0 spiro atoms. The zero-order chi connectivity index (χ0) is 15.9. The number of halogens is 2. The lowest BCUT2D eigenvalue weighted by Gasteiger charge is -2.10. The minimum Gasteiger partial charge on any atom is -0.437 e. The first-order chi connectivity index (χ1) is 10.4. The highest BCUT2D eigenvalue weighted by Crippen LogP contribution is 2.29. The largest absolute Gasteiger partial charge is 0.437 e. The van der Waals surface area contributed by atoms with Crippen LogP contribution < -0.4 is 0 Å². The summed E-state index contributed by atoms with van der Waals surface area (Å²) in [4.78, 5) is 0. The molecule has 2 aromatic carbocycles. The molecular formula is C18H18F2NO+. The Labute approximate surface area is 128 Å². The van der Waals surface area contributed by atoms with Gasteiger partial charge in [-0.3, -0.25) is 0 Å². The van der Waals surface area contributed by atoms with Gasteiger partial charge in [0.25, 0.3) is 0 Å². The fourth-order valence-corrected chi connectivity index (χ4v) is 2.55. The van der Waals surface area contributed by atoms with E-state index < -0.39 is 0 Å². The minimum atomic E-state index is -0.324. The molecule has 0 amide bonds. The smallest absolute Gasteiger partial charge is 0.371 e. The lowest BCUT2D eigenvalue weighted by Crippen LogP contribution is -2.33. The zero-order valence-electron chi connectivity index (χ0n) is 12.9. The normalized spacial score (nSPS) is 16.8. The number of nitrogens with zero attached hydrogens (tertiary/aromatic N) is 1. The van der Waals surface area contributed by atoms with E-state index in [0.717, 1.165) is 11.1 Å². The monoisotopic (exact) mass is 302 g/mol. The lowest BCUT2D eigenvalue weighted by molar-refractivity contribution is -0.562. The maximum Gasteiger partial charge on any atom is 0.371 e. The third kappa shape index (κ3) is 2.49. The fourth-order valence-electron chi connectivity index (χ4n) is 2.55. The van der Waals surface area contributed by atoms with E-state index in [-0.39, 0.29) is 17.2 Å². The van der Waals surface area contributed by atoms with Gasteiger partial charge in [-0.25, -0.2) is 8.78 Å². The maximum absolute atomic E-state index is 13.8. The SMILES string of the molecule is C[N+]1=C(c2cc(F)ccc2-c2ccc(F)cc2)OCC1(C)C. The van der Waals surface area contributed by atoms with Crippen molar-refractivity contribution in [3.8, 4) is 11.1 Å². The van der Waals surface area contributed by atoms with Crippen LogP contribution in [0.15, 0.2) is 42.5 Å². The molecule has 1 aliphatic rings. The molecule has 0 fully saturated rings. The van der Waals surface area contributed by atoms with Crippen molar-refractivity contribution in [2.45, 2.75) is 19.4 Å². The summed E-state index contributed by atoms with van der Waals surface area (Å²) in [5.41, 5.74) is 2.17.